The third-order valence-corrected chi connectivity index (χ3v) is 3.70. The van der Waals surface area contributed by atoms with E-state index in [9.17, 15) is 0 Å². The molecular formula is C16H19NS. The number of benzene rings is 2. The molecule has 0 fully saturated rings. The van der Waals surface area contributed by atoms with Gasteiger partial charge in [0.2, 0.25) is 0 Å². The highest BCUT2D eigenvalue weighted by Gasteiger charge is 1.95. The molecule has 0 aromatic heterocycles. The fourth-order valence-corrected chi connectivity index (χ4v) is 2.70. The minimum Gasteiger partial charge on any atom is -0.312 e. The predicted octanol–water partition coefficient (Wildman–Crippen LogP) is 3.88. The maximum atomic E-state index is 3.47. The lowest BCUT2D eigenvalue weighted by atomic mass is 10.2. The average molecular weight is 257 g/mol. The van der Waals surface area contributed by atoms with Crippen LogP contribution in [0.4, 0.5) is 0 Å². The van der Waals surface area contributed by atoms with E-state index in [1.54, 1.807) is 0 Å². The number of hydrogen-bond donors (Lipinski definition) is 1. The summed E-state index contributed by atoms with van der Waals surface area (Å²) < 4.78 is 0. The average Bonchev–Trinajstić information content (AvgIpc) is 2.40. The van der Waals surface area contributed by atoms with Gasteiger partial charge < -0.3 is 5.32 Å². The molecule has 0 amide bonds. The third-order valence-electron chi connectivity index (χ3n) is 2.71. The Kier molecular flexibility index (Phi) is 5.31. The van der Waals surface area contributed by atoms with Crippen LogP contribution in [0.5, 0.6) is 0 Å². The molecule has 18 heavy (non-hydrogen) atoms. The van der Waals surface area contributed by atoms with Crippen molar-refractivity contribution in [2.75, 3.05) is 12.3 Å². The Morgan fingerprint density at radius 2 is 1.83 bits per heavy atom. The Balaban J connectivity index is 1.65. The van der Waals surface area contributed by atoms with Gasteiger partial charge in [-0.1, -0.05) is 48.0 Å². The van der Waals surface area contributed by atoms with Gasteiger partial charge in [-0.25, -0.2) is 0 Å². The lowest BCUT2D eigenvalue weighted by Crippen LogP contribution is -2.16. The molecular weight excluding hydrogens is 238 g/mol. The zero-order valence-electron chi connectivity index (χ0n) is 10.7. The molecule has 2 aromatic carbocycles. The monoisotopic (exact) mass is 257 g/mol. The number of aryl methyl sites for hydroxylation is 1. The largest absolute Gasteiger partial charge is 0.312 e. The fourth-order valence-electron chi connectivity index (χ4n) is 1.77. The van der Waals surface area contributed by atoms with Gasteiger partial charge in [0.25, 0.3) is 0 Å². The van der Waals surface area contributed by atoms with Crippen LogP contribution in [0.25, 0.3) is 0 Å². The van der Waals surface area contributed by atoms with E-state index in [0.717, 1.165) is 18.8 Å². The van der Waals surface area contributed by atoms with Crippen LogP contribution in [0.1, 0.15) is 11.1 Å². The molecule has 0 heterocycles. The summed E-state index contributed by atoms with van der Waals surface area (Å²) in [4.78, 5) is 1.36. The fraction of sp³-hybridized carbons (Fsp3) is 0.250. The lowest BCUT2D eigenvalue weighted by Gasteiger charge is -2.05. The van der Waals surface area contributed by atoms with Crippen LogP contribution in [0.3, 0.4) is 0 Å². The first-order valence-electron chi connectivity index (χ1n) is 6.29. The quantitative estimate of drug-likeness (QED) is 0.622. The van der Waals surface area contributed by atoms with Crippen LogP contribution in [0, 0.1) is 6.92 Å². The van der Waals surface area contributed by atoms with E-state index in [2.05, 4.69) is 66.8 Å². The number of thioether (sulfide) groups is 1. The van der Waals surface area contributed by atoms with Crippen LogP contribution < -0.4 is 5.32 Å². The van der Waals surface area contributed by atoms with Crippen LogP contribution in [0.2, 0.25) is 0 Å². The second-order valence-corrected chi connectivity index (χ2v) is 5.50. The van der Waals surface area contributed by atoms with Gasteiger partial charge in [0.15, 0.2) is 0 Å². The molecule has 1 N–H and O–H groups in total. The second-order valence-electron chi connectivity index (χ2n) is 4.33. The molecule has 2 heteroatoms. The van der Waals surface area contributed by atoms with Crippen LogP contribution >= 0.6 is 11.8 Å². The smallest absolute Gasteiger partial charge is 0.0205 e. The normalized spacial score (nSPS) is 10.5. The Labute approximate surface area is 114 Å². The Morgan fingerprint density at radius 3 is 2.61 bits per heavy atom. The SMILES string of the molecule is Cc1cccc(SCCNCc2ccccc2)c1. The summed E-state index contributed by atoms with van der Waals surface area (Å²) in [5.74, 6) is 1.11. The summed E-state index contributed by atoms with van der Waals surface area (Å²) in [6.07, 6.45) is 0. The van der Waals surface area contributed by atoms with Crippen LogP contribution in [0.15, 0.2) is 59.5 Å². The highest BCUT2D eigenvalue weighted by atomic mass is 32.2. The molecule has 0 aliphatic carbocycles. The zero-order chi connectivity index (χ0) is 12.6. The first-order valence-corrected chi connectivity index (χ1v) is 7.27. The van der Waals surface area contributed by atoms with Crippen molar-refractivity contribution in [1.29, 1.82) is 0 Å². The van der Waals surface area contributed by atoms with E-state index >= 15 is 0 Å². The zero-order valence-corrected chi connectivity index (χ0v) is 11.5. The van der Waals surface area contributed by atoms with Crippen molar-refractivity contribution in [2.45, 2.75) is 18.4 Å². The van der Waals surface area contributed by atoms with Crippen molar-refractivity contribution in [2.24, 2.45) is 0 Å². The highest BCUT2D eigenvalue weighted by molar-refractivity contribution is 7.99. The number of rotatable bonds is 6. The second kappa shape index (κ2) is 7.24. The molecule has 0 aliphatic rings. The molecule has 0 atom stereocenters. The standard InChI is InChI=1S/C16H19NS/c1-14-6-5-9-16(12-14)18-11-10-17-13-15-7-3-2-4-8-15/h2-9,12,17H,10-11,13H2,1H3. The molecule has 0 saturated carbocycles. The van der Waals surface area contributed by atoms with Crippen molar-refractivity contribution in [3.05, 3.63) is 65.7 Å². The van der Waals surface area contributed by atoms with Crippen molar-refractivity contribution in [3.8, 4) is 0 Å². The molecule has 94 valence electrons. The van der Waals surface area contributed by atoms with E-state index in [1.165, 1.54) is 16.0 Å². The first kappa shape index (κ1) is 13.2. The minimum absolute atomic E-state index is 0.954. The first-order chi connectivity index (χ1) is 8.84. The molecule has 0 spiro atoms. The van der Waals surface area contributed by atoms with Crippen LogP contribution in [-0.4, -0.2) is 12.3 Å². The van der Waals surface area contributed by atoms with Crippen molar-refractivity contribution in [3.63, 3.8) is 0 Å². The maximum Gasteiger partial charge on any atom is 0.0205 e. The number of hydrogen-bond acceptors (Lipinski definition) is 2. The van der Waals surface area contributed by atoms with Gasteiger partial charge in [-0.3, -0.25) is 0 Å². The third kappa shape index (κ3) is 4.55. The molecule has 0 unspecified atom stereocenters. The van der Waals surface area contributed by atoms with Crippen molar-refractivity contribution >= 4 is 11.8 Å². The van der Waals surface area contributed by atoms with Gasteiger partial charge in [-0.05, 0) is 24.6 Å². The summed E-state index contributed by atoms with van der Waals surface area (Å²) in [6, 6.07) is 19.2. The predicted molar refractivity (Wildman–Crippen MR) is 80.1 cm³/mol. The summed E-state index contributed by atoms with van der Waals surface area (Å²) in [5.41, 5.74) is 2.68. The summed E-state index contributed by atoms with van der Waals surface area (Å²) in [6.45, 7) is 4.13. The molecule has 0 bridgehead atoms. The molecule has 1 nitrogen and oxygen atoms in total. The van der Waals surface area contributed by atoms with Crippen LogP contribution in [-0.2, 0) is 6.54 Å². The van der Waals surface area contributed by atoms with Gasteiger partial charge >= 0.3 is 0 Å². The van der Waals surface area contributed by atoms with Crippen molar-refractivity contribution in [1.82, 2.24) is 5.32 Å². The molecule has 0 aliphatic heterocycles. The van der Waals surface area contributed by atoms with E-state index in [-0.39, 0.29) is 0 Å². The topological polar surface area (TPSA) is 12.0 Å². The maximum absolute atomic E-state index is 3.47. The molecule has 0 radical (unpaired) electrons. The van der Waals surface area contributed by atoms with E-state index in [4.69, 9.17) is 0 Å². The Bertz CT molecular complexity index is 468. The van der Waals surface area contributed by atoms with Gasteiger partial charge in [0, 0.05) is 23.7 Å². The van der Waals surface area contributed by atoms with Gasteiger partial charge in [0.05, 0.1) is 0 Å². The van der Waals surface area contributed by atoms with E-state index in [1.807, 2.05) is 11.8 Å². The Morgan fingerprint density at radius 1 is 1.00 bits per heavy atom. The van der Waals surface area contributed by atoms with Gasteiger partial charge in [0.1, 0.15) is 0 Å². The van der Waals surface area contributed by atoms with Crippen molar-refractivity contribution < 1.29 is 0 Å². The molecule has 2 aromatic rings. The summed E-state index contributed by atoms with van der Waals surface area (Å²) >= 11 is 1.91. The van der Waals surface area contributed by atoms with Gasteiger partial charge in [-0.2, -0.15) is 0 Å². The lowest BCUT2D eigenvalue weighted by molar-refractivity contribution is 0.732. The van der Waals surface area contributed by atoms with E-state index < -0.39 is 0 Å². The molecule has 0 saturated heterocycles. The summed E-state index contributed by atoms with van der Waals surface area (Å²) in [5, 5.41) is 3.47. The molecule has 2 rings (SSSR count). The number of nitrogens with one attached hydrogen (secondary N) is 1. The van der Waals surface area contributed by atoms with Gasteiger partial charge in [-0.15, -0.1) is 11.8 Å². The summed E-state index contributed by atoms with van der Waals surface area (Å²) in [7, 11) is 0. The van der Waals surface area contributed by atoms with E-state index in [0.29, 0.717) is 0 Å². The minimum atomic E-state index is 0.954. The Hall–Kier alpha value is -1.25. The highest BCUT2D eigenvalue weighted by Crippen LogP contribution is 2.17.